The lowest BCUT2D eigenvalue weighted by atomic mass is 10.1. The van der Waals surface area contributed by atoms with Gasteiger partial charge < -0.3 is 30.2 Å². The van der Waals surface area contributed by atoms with Gasteiger partial charge in [-0.1, -0.05) is 134 Å². The average Bonchev–Trinajstić information content (AvgIpc) is 3.32. The molecule has 13 nitrogen and oxygen atoms in total. The van der Waals surface area contributed by atoms with E-state index in [2.05, 4.69) is 36.7 Å². The molecule has 3 atom stereocenters. The van der Waals surface area contributed by atoms with Gasteiger partial charge in [0.25, 0.3) is 0 Å². The van der Waals surface area contributed by atoms with E-state index >= 15 is 4.57 Å². The fourth-order valence-corrected chi connectivity index (χ4v) is 9.19. The lowest BCUT2D eigenvalue weighted by Gasteiger charge is -2.27. The molecule has 3 N–H and O–H groups in total. The maximum Gasteiger partial charge on any atom is 0.475 e. The van der Waals surface area contributed by atoms with Crippen LogP contribution in [0.25, 0.3) is 0 Å². The van der Waals surface area contributed by atoms with E-state index in [0.717, 1.165) is 96.3 Å². The van der Waals surface area contributed by atoms with E-state index in [1.807, 2.05) is 114 Å². The summed E-state index contributed by atoms with van der Waals surface area (Å²) in [6.07, 6.45) is 15.4. The number of hydrogen-bond acceptors (Lipinski definition) is 10. The molecule has 3 unspecified atom stereocenters. The number of phosphoric ester groups is 1. The molecule has 0 spiro atoms. The molecule has 14 heteroatoms. The maximum absolute atomic E-state index is 15.5. The van der Waals surface area contributed by atoms with Crippen LogP contribution in [0.15, 0.2) is 72.8 Å². The van der Waals surface area contributed by atoms with E-state index in [4.69, 9.17) is 27.8 Å². The fourth-order valence-electron chi connectivity index (χ4n) is 7.97. The Morgan fingerprint density at radius 2 is 0.690 bits per heavy atom. The Balaban J connectivity index is 2.07. The van der Waals surface area contributed by atoms with Crippen molar-refractivity contribution >= 4 is 25.5 Å². The van der Waals surface area contributed by atoms with Crippen LogP contribution < -0.4 is 30.2 Å². The van der Waals surface area contributed by atoms with Crippen LogP contribution in [0.2, 0.25) is 0 Å². The van der Waals surface area contributed by atoms with Crippen LogP contribution in [0, 0.1) is 0 Å². The molecular formula is C57H90N3O10P. The number of amides is 3. The Bertz CT molecular complexity index is 1790. The number of hydrogen-bond donors (Lipinski definition) is 3. The zero-order chi connectivity index (χ0) is 51.9. The molecule has 3 amide bonds. The molecule has 0 bridgehead atoms. The SMILES string of the molecule is CCCCCCCC(=O)NC(COP(=O)(OCC(NC(=O)CCCCCCC)c1cccc(OC(C)C)c1)OCC(NC(=O)CCCCCCC)c1cccc(OC(C)C)c1)c1cccc(OC(C)C)c1. The Kier molecular flexibility index (Phi) is 29.9. The molecule has 0 saturated heterocycles. The van der Waals surface area contributed by atoms with Crippen LogP contribution in [0.1, 0.15) is 213 Å². The predicted molar refractivity (Wildman–Crippen MR) is 285 cm³/mol. The zero-order valence-corrected chi connectivity index (χ0v) is 45.7. The molecule has 398 valence electrons. The molecule has 0 aromatic heterocycles. The van der Waals surface area contributed by atoms with Gasteiger partial charge in [-0.3, -0.25) is 28.0 Å². The van der Waals surface area contributed by atoms with Gasteiger partial charge in [-0.15, -0.1) is 0 Å². The first-order valence-corrected chi connectivity index (χ1v) is 28.3. The first kappa shape index (κ1) is 60.9. The topological polar surface area (TPSA) is 160 Å². The van der Waals surface area contributed by atoms with Crippen molar-refractivity contribution in [3.63, 3.8) is 0 Å². The Morgan fingerprint density at radius 3 is 0.944 bits per heavy atom. The van der Waals surface area contributed by atoms with Crippen LogP contribution in [0.5, 0.6) is 17.2 Å². The first-order valence-electron chi connectivity index (χ1n) is 26.8. The second-order valence-electron chi connectivity index (χ2n) is 19.4. The van der Waals surface area contributed by atoms with E-state index in [0.29, 0.717) is 53.2 Å². The summed E-state index contributed by atoms with van der Waals surface area (Å²) in [5.41, 5.74) is 2.02. The second-order valence-corrected chi connectivity index (χ2v) is 21.1. The third-order valence-corrected chi connectivity index (χ3v) is 13.0. The molecule has 3 aromatic carbocycles. The third kappa shape index (κ3) is 26.2. The average molecular weight is 1010 g/mol. The van der Waals surface area contributed by atoms with Gasteiger partial charge in [-0.2, -0.15) is 0 Å². The minimum Gasteiger partial charge on any atom is -0.491 e. The molecular weight excluding hydrogens is 918 g/mol. The van der Waals surface area contributed by atoms with Crippen LogP contribution in [0.3, 0.4) is 0 Å². The summed E-state index contributed by atoms with van der Waals surface area (Å²) in [4.78, 5) is 40.8. The van der Waals surface area contributed by atoms with Gasteiger partial charge in [0.15, 0.2) is 0 Å². The third-order valence-electron chi connectivity index (χ3n) is 11.6. The molecule has 0 aliphatic carbocycles. The van der Waals surface area contributed by atoms with Gasteiger partial charge in [0.05, 0.1) is 56.3 Å². The molecule has 0 saturated carbocycles. The van der Waals surface area contributed by atoms with Crippen molar-refractivity contribution in [3.8, 4) is 17.2 Å². The van der Waals surface area contributed by atoms with E-state index in [9.17, 15) is 14.4 Å². The molecule has 3 aromatic rings. The summed E-state index contributed by atoms with van der Waals surface area (Å²) in [5, 5.41) is 9.38. The molecule has 3 rings (SSSR count). The summed E-state index contributed by atoms with van der Waals surface area (Å²) >= 11 is 0. The summed E-state index contributed by atoms with van der Waals surface area (Å²) in [5.74, 6) is 1.28. The summed E-state index contributed by atoms with van der Waals surface area (Å²) in [6, 6.07) is 19.8. The molecule has 0 aliphatic heterocycles. The van der Waals surface area contributed by atoms with Gasteiger partial charge >= 0.3 is 7.82 Å². The number of nitrogens with one attached hydrogen (secondary N) is 3. The van der Waals surface area contributed by atoms with Crippen molar-refractivity contribution in [2.24, 2.45) is 0 Å². The number of carbonyl (C=O) groups excluding carboxylic acids is 3. The van der Waals surface area contributed by atoms with Gasteiger partial charge in [0, 0.05) is 19.3 Å². The number of phosphoric acid groups is 1. The highest BCUT2D eigenvalue weighted by Crippen LogP contribution is 2.51. The van der Waals surface area contributed by atoms with Gasteiger partial charge in [0.2, 0.25) is 17.7 Å². The van der Waals surface area contributed by atoms with Crippen LogP contribution in [0.4, 0.5) is 0 Å². The summed E-state index contributed by atoms with van der Waals surface area (Å²) < 4.78 is 52.6. The van der Waals surface area contributed by atoms with Crippen molar-refractivity contribution in [1.82, 2.24) is 16.0 Å². The zero-order valence-electron chi connectivity index (χ0n) is 44.8. The van der Waals surface area contributed by atoms with E-state index in [1.165, 1.54) is 0 Å². The first-order chi connectivity index (χ1) is 34.1. The van der Waals surface area contributed by atoms with Crippen molar-refractivity contribution < 1.29 is 46.7 Å². The quantitative estimate of drug-likeness (QED) is 0.0371. The highest BCUT2D eigenvalue weighted by atomic mass is 31.2. The number of unbranched alkanes of at least 4 members (excludes halogenated alkanes) is 12. The Labute approximate surface area is 427 Å². The van der Waals surface area contributed by atoms with Crippen molar-refractivity contribution in [2.45, 2.75) is 214 Å². The van der Waals surface area contributed by atoms with Crippen LogP contribution in [-0.4, -0.2) is 55.9 Å². The van der Waals surface area contributed by atoms with Crippen molar-refractivity contribution in [3.05, 3.63) is 89.5 Å². The van der Waals surface area contributed by atoms with Crippen molar-refractivity contribution in [2.75, 3.05) is 19.8 Å². The molecule has 0 radical (unpaired) electrons. The lowest BCUT2D eigenvalue weighted by Crippen LogP contribution is -2.33. The Hall–Kier alpha value is -4.42. The van der Waals surface area contributed by atoms with Crippen LogP contribution >= 0.6 is 7.82 Å². The molecule has 71 heavy (non-hydrogen) atoms. The molecule has 0 fully saturated rings. The number of rotatable bonds is 39. The van der Waals surface area contributed by atoms with Gasteiger partial charge in [-0.25, -0.2) is 4.57 Å². The Morgan fingerprint density at radius 1 is 0.423 bits per heavy atom. The standard InChI is InChI=1S/C57H90N3O10P/c1-10-13-16-19-22-34-55(61)58-52(46-28-25-31-49(37-46)68-43(4)5)40-65-71(64,66-41-53(59-56(62)35-23-20-17-14-11-2)47-29-26-32-50(38-47)69-44(6)7)67-42-54(60-57(63)36-24-21-18-15-12-3)48-30-27-33-51(39-48)70-45(8)9/h25-33,37-39,43-45,52-54H,10-24,34-36,40-42H2,1-9H3,(H,58,61)(H,59,62)(H,60,63). The smallest absolute Gasteiger partial charge is 0.475 e. The van der Waals surface area contributed by atoms with Crippen LogP contribution in [-0.2, 0) is 32.5 Å². The number of carbonyl (C=O) groups is 3. The number of benzene rings is 3. The van der Waals surface area contributed by atoms with E-state index in [-0.39, 0.29) is 55.9 Å². The molecule has 0 heterocycles. The van der Waals surface area contributed by atoms with Crippen molar-refractivity contribution in [1.29, 1.82) is 0 Å². The summed E-state index contributed by atoms with van der Waals surface area (Å²) in [6.45, 7) is 17.2. The van der Waals surface area contributed by atoms with E-state index < -0.39 is 25.9 Å². The number of ether oxygens (including phenoxy) is 3. The fraction of sp³-hybridized carbons (Fsp3) is 0.632. The highest BCUT2D eigenvalue weighted by Gasteiger charge is 2.33. The predicted octanol–water partition coefficient (Wildman–Crippen LogP) is 14.2. The van der Waals surface area contributed by atoms with E-state index in [1.54, 1.807) is 0 Å². The normalized spacial score (nSPS) is 13.6. The minimum absolute atomic E-state index is 0.0982. The highest BCUT2D eigenvalue weighted by molar-refractivity contribution is 7.48. The van der Waals surface area contributed by atoms with Gasteiger partial charge in [-0.05, 0) is 114 Å². The molecule has 0 aliphatic rings. The minimum atomic E-state index is -4.62. The van der Waals surface area contributed by atoms with Gasteiger partial charge in [0.1, 0.15) is 17.2 Å². The summed E-state index contributed by atoms with van der Waals surface area (Å²) in [7, 11) is -4.62. The second kappa shape index (κ2) is 34.9. The largest absolute Gasteiger partial charge is 0.491 e. The maximum atomic E-state index is 15.5. The lowest BCUT2D eigenvalue weighted by molar-refractivity contribution is -0.123. The monoisotopic (exact) mass is 1010 g/mol.